The van der Waals surface area contributed by atoms with Crippen LogP contribution < -0.4 is 4.74 Å². The zero-order valence-electron chi connectivity index (χ0n) is 15.0. The first kappa shape index (κ1) is 16.7. The lowest BCUT2D eigenvalue weighted by Crippen LogP contribution is -2.39. The van der Waals surface area contributed by atoms with Crippen LogP contribution in [0.5, 0.6) is 5.75 Å². The van der Waals surface area contributed by atoms with E-state index in [0.29, 0.717) is 13.1 Å². The Kier molecular flexibility index (Phi) is 4.20. The highest BCUT2D eigenvalue weighted by Crippen LogP contribution is 2.36. The van der Waals surface area contributed by atoms with Gasteiger partial charge >= 0.3 is 6.09 Å². The first-order valence-corrected chi connectivity index (χ1v) is 8.42. The zero-order valence-corrected chi connectivity index (χ0v) is 15.0. The maximum atomic E-state index is 12.3. The van der Waals surface area contributed by atoms with Crippen LogP contribution in [0.15, 0.2) is 22.6 Å². The number of furan rings is 1. The van der Waals surface area contributed by atoms with Crippen molar-refractivity contribution in [2.75, 3.05) is 6.54 Å². The molecule has 0 saturated heterocycles. The summed E-state index contributed by atoms with van der Waals surface area (Å²) < 4.78 is 17.4. The molecule has 0 radical (unpaired) electrons. The molecule has 5 heteroatoms. The number of para-hydroxylation sites is 1. The van der Waals surface area contributed by atoms with Gasteiger partial charge < -0.3 is 18.8 Å². The van der Waals surface area contributed by atoms with E-state index >= 15 is 0 Å². The average molecular weight is 331 g/mol. The highest BCUT2D eigenvalue weighted by atomic mass is 16.6. The lowest BCUT2D eigenvalue weighted by molar-refractivity contribution is 0.0210. The van der Waals surface area contributed by atoms with Gasteiger partial charge in [0.1, 0.15) is 11.4 Å². The number of carbonyl (C=O) groups is 1. The molecule has 0 atom stereocenters. The topological polar surface area (TPSA) is 51.9 Å². The Bertz CT molecular complexity index is 755. The van der Waals surface area contributed by atoms with E-state index in [1.54, 1.807) is 4.90 Å². The van der Waals surface area contributed by atoms with Crippen LogP contribution in [-0.2, 0) is 17.7 Å². The molecule has 2 heterocycles. The predicted octanol–water partition coefficient (Wildman–Crippen LogP) is 4.51. The third-order valence-electron chi connectivity index (χ3n) is 3.85. The average Bonchev–Trinajstić information content (AvgIpc) is 2.84. The fourth-order valence-corrected chi connectivity index (χ4v) is 2.92. The Balaban J connectivity index is 1.88. The van der Waals surface area contributed by atoms with Crippen LogP contribution >= 0.6 is 0 Å². The van der Waals surface area contributed by atoms with Crippen molar-refractivity contribution in [1.29, 1.82) is 0 Å². The second-order valence-corrected chi connectivity index (χ2v) is 7.46. The van der Waals surface area contributed by atoms with Gasteiger partial charge in [-0.1, -0.05) is 12.1 Å². The molecule has 0 bridgehead atoms. The number of nitrogens with zero attached hydrogens (tertiary/aromatic N) is 1. The van der Waals surface area contributed by atoms with Crippen molar-refractivity contribution in [3.63, 3.8) is 0 Å². The molecule has 24 heavy (non-hydrogen) atoms. The lowest BCUT2D eigenvalue weighted by atomic mass is 10.0. The van der Waals surface area contributed by atoms with Gasteiger partial charge in [-0.2, -0.15) is 0 Å². The Morgan fingerprint density at radius 1 is 1.29 bits per heavy atom. The molecule has 1 amide bonds. The monoisotopic (exact) mass is 331 g/mol. The van der Waals surface area contributed by atoms with Crippen molar-refractivity contribution in [2.45, 2.75) is 59.3 Å². The van der Waals surface area contributed by atoms with E-state index in [1.807, 2.05) is 52.8 Å². The Morgan fingerprint density at radius 3 is 2.71 bits per heavy atom. The molecule has 3 rings (SSSR count). The minimum absolute atomic E-state index is 0.0796. The maximum Gasteiger partial charge on any atom is 0.410 e. The fourth-order valence-electron chi connectivity index (χ4n) is 2.92. The summed E-state index contributed by atoms with van der Waals surface area (Å²) in [6, 6.07) is 5.95. The standard InChI is InChI=1S/C19H25NO4/c1-12(2)22-15-8-6-7-14-13-9-10-20(11-16(13)23-17(14)15)18(21)24-19(3,4)5/h6-8,12H,9-11H2,1-5H3. The van der Waals surface area contributed by atoms with E-state index in [2.05, 4.69) is 0 Å². The van der Waals surface area contributed by atoms with Crippen LogP contribution in [0.1, 0.15) is 45.9 Å². The van der Waals surface area contributed by atoms with Crippen LogP contribution in [0.4, 0.5) is 4.79 Å². The number of amides is 1. The smallest absolute Gasteiger partial charge is 0.410 e. The van der Waals surface area contributed by atoms with E-state index < -0.39 is 5.60 Å². The number of hydrogen-bond donors (Lipinski definition) is 0. The molecule has 5 nitrogen and oxygen atoms in total. The Labute approximate surface area is 142 Å². The van der Waals surface area contributed by atoms with E-state index in [1.165, 1.54) is 5.56 Å². The minimum Gasteiger partial charge on any atom is -0.487 e. The first-order chi connectivity index (χ1) is 11.2. The van der Waals surface area contributed by atoms with Gasteiger partial charge in [0.05, 0.1) is 12.6 Å². The summed E-state index contributed by atoms with van der Waals surface area (Å²) in [5.74, 6) is 1.57. The quantitative estimate of drug-likeness (QED) is 0.812. The molecule has 1 aromatic carbocycles. The van der Waals surface area contributed by atoms with E-state index in [4.69, 9.17) is 13.9 Å². The summed E-state index contributed by atoms with van der Waals surface area (Å²) in [4.78, 5) is 14.0. The molecular weight excluding hydrogens is 306 g/mol. The number of rotatable bonds is 2. The molecule has 0 spiro atoms. The van der Waals surface area contributed by atoms with Crippen LogP contribution in [0, 0.1) is 0 Å². The molecule has 1 aromatic heterocycles. The number of fused-ring (bicyclic) bond motifs is 3. The molecular formula is C19H25NO4. The second kappa shape index (κ2) is 6.04. The highest BCUT2D eigenvalue weighted by Gasteiger charge is 2.29. The van der Waals surface area contributed by atoms with Crippen LogP contribution in [-0.4, -0.2) is 29.2 Å². The Hall–Kier alpha value is -2.17. The lowest BCUT2D eigenvalue weighted by Gasteiger charge is -2.29. The molecule has 2 aromatic rings. The normalized spacial score (nSPS) is 14.8. The molecule has 0 fully saturated rings. The van der Waals surface area contributed by atoms with E-state index in [9.17, 15) is 4.79 Å². The van der Waals surface area contributed by atoms with Crippen molar-refractivity contribution >= 4 is 17.1 Å². The first-order valence-electron chi connectivity index (χ1n) is 8.42. The van der Waals surface area contributed by atoms with Gasteiger partial charge in [-0.3, -0.25) is 0 Å². The van der Waals surface area contributed by atoms with Crippen molar-refractivity contribution in [2.24, 2.45) is 0 Å². The summed E-state index contributed by atoms with van der Waals surface area (Å²) in [6.07, 6.45) is 0.537. The summed E-state index contributed by atoms with van der Waals surface area (Å²) in [6.45, 7) is 10.7. The molecule has 1 aliphatic heterocycles. The summed E-state index contributed by atoms with van der Waals surface area (Å²) in [7, 11) is 0. The number of benzene rings is 1. The van der Waals surface area contributed by atoms with Gasteiger partial charge in [-0.15, -0.1) is 0 Å². The minimum atomic E-state index is -0.497. The predicted molar refractivity (Wildman–Crippen MR) is 92.3 cm³/mol. The fraction of sp³-hybridized carbons (Fsp3) is 0.526. The van der Waals surface area contributed by atoms with Crippen molar-refractivity contribution in [3.05, 3.63) is 29.5 Å². The van der Waals surface area contributed by atoms with Gasteiger partial charge in [0.2, 0.25) is 0 Å². The summed E-state index contributed by atoms with van der Waals surface area (Å²) in [5, 5.41) is 1.08. The van der Waals surface area contributed by atoms with Crippen LogP contribution in [0.2, 0.25) is 0 Å². The highest BCUT2D eigenvalue weighted by molar-refractivity contribution is 5.87. The largest absolute Gasteiger partial charge is 0.487 e. The molecule has 0 N–H and O–H groups in total. The third kappa shape index (κ3) is 3.35. The van der Waals surface area contributed by atoms with Crippen molar-refractivity contribution in [1.82, 2.24) is 4.90 Å². The SMILES string of the molecule is CC(C)Oc1cccc2c3c(oc12)CN(C(=O)OC(C)(C)C)CC3. The molecule has 0 unspecified atom stereocenters. The van der Waals surface area contributed by atoms with E-state index in [0.717, 1.165) is 28.9 Å². The third-order valence-corrected chi connectivity index (χ3v) is 3.85. The second-order valence-electron chi connectivity index (χ2n) is 7.46. The van der Waals surface area contributed by atoms with Crippen molar-refractivity contribution in [3.8, 4) is 5.75 Å². The van der Waals surface area contributed by atoms with Gasteiger partial charge in [0.15, 0.2) is 11.3 Å². The number of hydrogen-bond acceptors (Lipinski definition) is 4. The van der Waals surface area contributed by atoms with Gasteiger partial charge in [0, 0.05) is 17.5 Å². The molecule has 0 saturated carbocycles. The number of ether oxygens (including phenoxy) is 2. The molecule has 1 aliphatic rings. The molecule has 130 valence electrons. The van der Waals surface area contributed by atoms with Crippen LogP contribution in [0.3, 0.4) is 0 Å². The Morgan fingerprint density at radius 2 is 2.04 bits per heavy atom. The van der Waals surface area contributed by atoms with Gasteiger partial charge in [-0.25, -0.2) is 4.79 Å². The maximum absolute atomic E-state index is 12.3. The van der Waals surface area contributed by atoms with Gasteiger partial charge in [-0.05, 0) is 47.1 Å². The van der Waals surface area contributed by atoms with Crippen LogP contribution in [0.25, 0.3) is 11.0 Å². The zero-order chi connectivity index (χ0) is 17.5. The van der Waals surface area contributed by atoms with E-state index in [-0.39, 0.29) is 12.2 Å². The number of carbonyl (C=O) groups excluding carboxylic acids is 1. The van der Waals surface area contributed by atoms with Gasteiger partial charge in [0.25, 0.3) is 0 Å². The molecule has 0 aliphatic carbocycles. The summed E-state index contributed by atoms with van der Waals surface area (Å²) >= 11 is 0. The van der Waals surface area contributed by atoms with Crippen molar-refractivity contribution < 1.29 is 18.7 Å². The summed E-state index contributed by atoms with van der Waals surface area (Å²) in [5.41, 5.74) is 1.44.